The summed E-state index contributed by atoms with van der Waals surface area (Å²) >= 11 is 0. The highest BCUT2D eigenvalue weighted by molar-refractivity contribution is 6.89. The average molecular weight is 898 g/mol. The summed E-state index contributed by atoms with van der Waals surface area (Å²) in [4.78, 5) is 0. The molecule has 2 unspecified atom stereocenters. The number of hydrogen-bond acceptors (Lipinski definition) is 6. The summed E-state index contributed by atoms with van der Waals surface area (Å²) in [6.07, 6.45) is 10.7. The van der Waals surface area contributed by atoms with E-state index in [0.717, 1.165) is 43.2 Å². The molecule has 0 saturated heterocycles. The lowest BCUT2D eigenvalue weighted by Crippen LogP contribution is -2.56. The number of hydrogen-bond donors (Lipinski definition) is 1. The van der Waals surface area contributed by atoms with Gasteiger partial charge in [0.25, 0.3) is 0 Å². The Morgan fingerprint density at radius 1 is 0.370 bits per heavy atom. The third-order valence-corrected chi connectivity index (χ3v) is 32.7. The minimum Gasteiger partial charge on any atom is -0.437 e. The maximum atomic E-state index is 9.39. The molecule has 0 saturated carbocycles. The molecule has 0 aromatic heterocycles. The Balaban J connectivity index is -0.000000118. The lowest BCUT2D eigenvalue weighted by atomic mass is 10.1. The van der Waals surface area contributed by atoms with E-state index in [9.17, 15) is 5.11 Å². The topological polar surface area (TPSA) is 66.4 Å². The first-order valence-corrected chi connectivity index (χ1v) is 40.7. The SMILES string of the molecule is C.C.C.C.C.C.CC(C)CCCC[Si](C)(C)O[Si](C)(C)O[Si](C)(C)CCCCC(C)O.CC(C)CCCC[Si](C)(O[Si](C)(C)C)O[Si](C)(C)O[Si](C)(C)C. The minimum absolute atomic E-state index is 0. The van der Waals surface area contributed by atoms with E-state index in [1.54, 1.807) is 0 Å². The summed E-state index contributed by atoms with van der Waals surface area (Å²) in [6.45, 7) is 45.1. The highest BCUT2D eigenvalue weighted by Gasteiger charge is 2.44. The van der Waals surface area contributed by atoms with Crippen LogP contribution < -0.4 is 0 Å². The van der Waals surface area contributed by atoms with Crippen LogP contribution in [0.4, 0.5) is 0 Å². The molecule has 2 atom stereocenters. The third-order valence-electron chi connectivity index (χ3n) is 7.70. The molecule has 0 heterocycles. The Bertz CT molecular complexity index is 811. The van der Waals surface area contributed by atoms with Crippen LogP contribution in [0.1, 0.15) is 137 Å². The first-order valence-electron chi connectivity index (χ1n) is 19.5. The van der Waals surface area contributed by atoms with Crippen molar-refractivity contribution in [2.24, 2.45) is 11.8 Å². The van der Waals surface area contributed by atoms with Crippen LogP contribution in [-0.4, -0.2) is 70.2 Å². The van der Waals surface area contributed by atoms with E-state index < -0.39 is 59.0 Å². The Labute approximate surface area is 354 Å². The highest BCUT2D eigenvalue weighted by Crippen LogP contribution is 2.30. The van der Waals surface area contributed by atoms with Crippen LogP contribution >= 0.6 is 0 Å². The molecule has 0 rings (SSSR count). The van der Waals surface area contributed by atoms with Gasteiger partial charge >= 0.3 is 25.7 Å². The van der Waals surface area contributed by atoms with Gasteiger partial charge in [-0.3, -0.25) is 0 Å². The smallest absolute Gasteiger partial charge is 0.315 e. The Morgan fingerprint density at radius 2 is 0.667 bits per heavy atom. The molecule has 0 radical (unpaired) electrons. The lowest BCUT2D eigenvalue weighted by molar-refractivity contribution is 0.181. The molecule has 1 N–H and O–H groups in total. The zero-order chi connectivity index (χ0) is 38.3. The molecule has 0 aromatic carbocycles. The van der Waals surface area contributed by atoms with Crippen molar-refractivity contribution in [3.63, 3.8) is 0 Å². The number of aliphatic hydroxyl groups excluding tert-OH is 1. The van der Waals surface area contributed by atoms with Gasteiger partial charge in [-0.2, -0.15) is 0 Å². The third kappa shape index (κ3) is 47.7. The van der Waals surface area contributed by atoms with Crippen molar-refractivity contribution in [3.05, 3.63) is 0 Å². The average Bonchev–Trinajstić information content (AvgIpc) is 2.77. The summed E-state index contributed by atoms with van der Waals surface area (Å²) in [5.74, 6) is 1.59. The van der Waals surface area contributed by atoms with E-state index in [0.29, 0.717) is 0 Å². The number of rotatable bonds is 25. The predicted molar refractivity (Wildman–Crippen MR) is 271 cm³/mol. The summed E-state index contributed by atoms with van der Waals surface area (Å²) in [6, 6.07) is 3.50. The molecule has 340 valence electrons. The van der Waals surface area contributed by atoms with E-state index in [1.807, 2.05) is 6.92 Å². The molecular weight excluding hydrogens is 785 g/mol. The molecule has 0 amide bonds. The highest BCUT2D eigenvalue weighted by atomic mass is 28.5. The second kappa shape index (κ2) is 32.1. The quantitative estimate of drug-likeness (QED) is 0.0727. The van der Waals surface area contributed by atoms with Crippen molar-refractivity contribution in [1.29, 1.82) is 0 Å². The van der Waals surface area contributed by atoms with Gasteiger partial charge in [0.2, 0.25) is 0 Å². The molecule has 0 aliphatic heterocycles. The van der Waals surface area contributed by atoms with E-state index in [2.05, 4.69) is 126 Å². The van der Waals surface area contributed by atoms with Crippen molar-refractivity contribution in [2.45, 2.75) is 259 Å². The van der Waals surface area contributed by atoms with Crippen LogP contribution in [0.25, 0.3) is 0 Å². The molecule has 0 aliphatic rings. The molecule has 6 nitrogen and oxygen atoms in total. The standard InChI is InChI=1S/C19H46O3Si3.C16H42O3Si4.6CH4/c1-18(2)14-10-12-16-23(4,5)21-25(8,9)22-24(6,7)17-13-11-15-19(3)20;1-16(2)14-12-13-15-23(11,18-21(6,7)8)19-22(9,10)17-20(3,4)5;;;;;;/h18-20H,10-17H2,1-9H3;16H,12-15H2,1-11H3;6*1H4. The Hall–Kier alpha value is 1.28. The summed E-state index contributed by atoms with van der Waals surface area (Å²) < 4.78 is 33.0. The van der Waals surface area contributed by atoms with Crippen LogP contribution in [-0.2, 0) is 20.6 Å². The van der Waals surface area contributed by atoms with E-state index in [1.165, 1.54) is 44.6 Å². The van der Waals surface area contributed by atoms with Gasteiger partial charge < -0.3 is 25.7 Å². The van der Waals surface area contributed by atoms with Gasteiger partial charge in [0.1, 0.15) is 0 Å². The maximum Gasteiger partial charge on any atom is 0.315 e. The first kappa shape index (κ1) is 72.9. The molecular formula is C41H112O6Si7. The van der Waals surface area contributed by atoms with Gasteiger partial charge in [-0.25, -0.2) is 0 Å². The van der Waals surface area contributed by atoms with Gasteiger partial charge in [0.15, 0.2) is 33.3 Å². The van der Waals surface area contributed by atoms with Crippen LogP contribution in [0.5, 0.6) is 0 Å². The largest absolute Gasteiger partial charge is 0.437 e. The van der Waals surface area contributed by atoms with Crippen LogP contribution in [0.3, 0.4) is 0 Å². The van der Waals surface area contributed by atoms with E-state index >= 15 is 0 Å². The minimum atomic E-state index is -2.17. The number of aliphatic hydroxyl groups is 1. The number of unbranched alkanes of at least 4 members (excludes halogenated alkanes) is 3. The monoisotopic (exact) mass is 897 g/mol. The molecule has 0 spiro atoms. The van der Waals surface area contributed by atoms with Crippen molar-refractivity contribution in [2.75, 3.05) is 0 Å². The summed E-state index contributed by atoms with van der Waals surface area (Å²) in [5.41, 5.74) is 0. The first-order chi connectivity index (χ1) is 21.3. The Kier molecular flexibility index (Phi) is 43.3. The summed E-state index contributed by atoms with van der Waals surface area (Å²) in [7, 11) is -12.9. The second-order valence-electron chi connectivity index (χ2n) is 19.6. The van der Waals surface area contributed by atoms with Crippen molar-refractivity contribution in [1.82, 2.24) is 0 Å². The molecule has 13 heteroatoms. The van der Waals surface area contributed by atoms with Crippen LogP contribution in [0.2, 0.25) is 116 Å². The van der Waals surface area contributed by atoms with Gasteiger partial charge in [-0.05, 0) is 142 Å². The maximum absolute atomic E-state index is 9.39. The molecule has 0 bridgehead atoms. The lowest BCUT2D eigenvalue weighted by Gasteiger charge is -2.41. The van der Waals surface area contributed by atoms with Crippen molar-refractivity contribution in [3.8, 4) is 0 Å². The second-order valence-corrected chi connectivity index (χ2v) is 48.5. The van der Waals surface area contributed by atoms with E-state index in [4.69, 9.17) is 20.6 Å². The van der Waals surface area contributed by atoms with Gasteiger partial charge in [-0.15, -0.1) is 0 Å². The zero-order valence-corrected chi connectivity index (χ0v) is 43.2. The van der Waals surface area contributed by atoms with Crippen molar-refractivity contribution < 1.29 is 25.7 Å². The van der Waals surface area contributed by atoms with Crippen LogP contribution in [0, 0.1) is 11.8 Å². The zero-order valence-electron chi connectivity index (χ0n) is 36.2. The predicted octanol–water partition coefficient (Wildman–Crippen LogP) is 16.6. The van der Waals surface area contributed by atoms with Crippen LogP contribution in [0.15, 0.2) is 0 Å². The van der Waals surface area contributed by atoms with Gasteiger partial charge in [0, 0.05) is 0 Å². The van der Waals surface area contributed by atoms with E-state index in [-0.39, 0.29) is 50.7 Å². The normalized spacial score (nSPS) is 14.1. The molecule has 0 fully saturated rings. The molecule has 0 aliphatic carbocycles. The summed E-state index contributed by atoms with van der Waals surface area (Å²) in [5, 5.41) is 9.39. The van der Waals surface area contributed by atoms with Crippen molar-refractivity contribution >= 4 is 59.0 Å². The fraction of sp³-hybridized carbons (Fsp3) is 1.00. The van der Waals surface area contributed by atoms with Gasteiger partial charge in [-0.1, -0.05) is 124 Å². The Morgan fingerprint density at radius 3 is 0.963 bits per heavy atom. The fourth-order valence-electron chi connectivity index (χ4n) is 6.59. The molecule has 0 aromatic rings. The van der Waals surface area contributed by atoms with Gasteiger partial charge in [0.05, 0.1) is 6.10 Å². The molecule has 54 heavy (non-hydrogen) atoms. The fourth-order valence-corrected chi connectivity index (χ4v) is 38.8.